The SMILES string of the molecule is CCC(=O)N1c2ccccc2-c2nnc(SC)nc2O[C@H]1c1ccc(-c2ccccc2Cl)o1. The molecule has 0 saturated heterocycles. The van der Waals surface area contributed by atoms with Crippen molar-refractivity contribution in [1.82, 2.24) is 15.2 Å². The van der Waals surface area contributed by atoms with Crippen molar-refractivity contribution < 1.29 is 13.9 Å². The Kier molecular flexibility index (Phi) is 5.78. The molecule has 1 aliphatic heterocycles. The third-order valence-electron chi connectivity index (χ3n) is 5.27. The van der Waals surface area contributed by atoms with Crippen LogP contribution >= 0.6 is 23.4 Å². The third-order valence-corrected chi connectivity index (χ3v) is 6.14. The largest absolute Gasteiger partial charge is 0.455 e. The van der Waals surface area contributed by atoms with Crippen molar-refractivity contribution >= 4 is 35.0 Å². The van der Waals surface area contributed by atoms with Crippen molar-refractivity contribution in [3.05, 3.63) is 71.4 Å². The van der Waals surface area contributed by atoms with Gasteiger partial charge in [0.1, 0.15) is 5.76 Å². The van der Waals surface area contributed by atoms with E-state index in [0.717, 1.165) is 5.56 Å². The van der Waals surface area contributed by atoms with Crippen molar-refractivity contribution in [3.63, 3.8) is 0 Å². The molecule has 3 heterocycles. The number of ether oxygens (including phenoxy) is 1. The maximum atomic E-state index is 13.2. The Morgan fingerprint density at radius 3 is 2.58 bits per heavy atom. The highest BCUT2D eigenvalue weighted by atomic mass is 35.5. The van der Waals surface area contributed by atoms with Crippen LogP contribution < -0.4 is 9.64 Å². The predicted molar refractivity (Wildman–Crippen MR) is 127 cm³/mol. The van der Waals surface area contributed by atoms with Crippen molar-refractivity contribution in [1.29, 1.82) is 0 Å². The fourth-order valence-electron chi connectivity index (χ4n) is 3.72. The summed E-state index contributed by atoms with van der Waals surface area (Å²) in [6.45, 7) is 1.81. The van der Waals surface area contributed by atoms with Crippen molar-refractivity contribution in [2.45, 2.75) is 24.7 Å². The number of aromatic nitrogens is 3. The van der Waals surface area contributed by atoms with Crippen molar-refractivity contribution in [2.24, 2.45) is 0 Å². The van der Waals surface area contributed by atoms with E-state index in [4.69, 9.17) is 20.8 Å². The first-order valence-corrected chi connectivity index (χ1v) is 11.9. The number of para-hydroxylation sites is 1. The summed E-state index contributed by atoms with van der Waals surface area (Å²) < 4.78 is 12.5. The number of carbonyl (C=O) groups excluding carboxylic acids is 1. The van der Waals surface area contributed by atoms with Crippen LogP contribution in [-0.4, -0.2) is 27.3 Å². The zero-order valence-electron chi connectivity index (χ0n) is 17.9. The maximum Gasteiger partial charge on any atom is 0.247 e. The first-order valence-electron chi connectivity index (χ1n) is 10.3. The summed E-state index contributed by atoms with van der Waals surface area (Å²) in [7, 11) is 0. The second-order valence-corrected chi connectivity index (χ2v) is 8.42. The molecule has 2 aromatic heterocycles. The Morgan fingerprint density at radius 1 is 1.06 bits per heavy atom. The number of hydrogen-bond donors (Lipinski definition) is 0. The lowest BCUT2D eigenvalue weighted by atomic mass is 10.1. The van der Waals surface area contributed by atoms with E-state index < -0.39 is 6.23 Å². The molecule has 166 valence electrons. The monoisotopic (exact) mass is 478 g/mol. The van der Waals surface area contributed by atoms with E-state index in [-0.39, 0.29) is 18.2 Å². The number of halogens is 1. The smallest absolute Gasteiger partial charge is 0.247 e. The van der Waals surface area contributed by atoms with Gasteiger partial charge in [-0.25, -0.2) is 0 Å². The Labute approximate surface area is 199 Å². The van der Waals surface area contributed by atoms with Gasteiger partial charge < -0.3 is 9.15 Å². The van der Waals surface area contributed by atoms with Crippen LogP contribution in [0.3, 0.4) is 0 Å². The predicted octanol–water partition coefficient (Wildman–Crippen LogP) is 6.01. The lowest BCUT2D eigenvalue weighted by Gasteiger charge is -2.29. The quantitative estimate of drug-likeness (QED) is 0.332. The topological polar surface area (TPSA) is 81.4 Å². The van der Waals surface area contributed by atoms with E-state index in [0.29, 0.717) is 38.6 Å². The Morgan fingerprint density at radius 2 is 1.82 bits per heavy atom. The molecular formula is C24H19ClN4O3S. The van der Waals surface area contributed by atoms with Gasteiger partial charge in [-0.3, -0.25) is 9.69 Å². The number of furan rings is 1. The van der Waals surface area contributed by atoms with Gasteiger partial charge in [0.05, 0.1) is 10.7 Å². The summed E-state index contributed by atoms with van der Waals surface area (Å²) in [5.41, 5.74) is 2.58. The molecule has 5 rings (SSSR count). The van der Waals surface area contributed by atoms with Gasteiger partial charge in [-0.1, -0.05) is 60.6 Å². The average Bonchev–Trinajstić information content (AvgIpc) is 3.28. The number of amides is 1. The summed E-state index contributed by atoms with van der Waals surface area (Å²) >= 11 is 7.72. The first kappa shape index (κ1) is 21.5. The van der Waals surface area contributed by atoms with Gasteiger partial charge in [0.2, 0.25) is 23.2 Å². The summed E-state index contributed by atoms with van der Waals surface area (Å²) in [6.07, 6.45) is 1.25. The third kappa shape index (κ3) is 3.85. The number of thioether (sulfide) groups is 1. The van der Waals surface area contributed by atoms with E-state index in [1.54, 1.807) is 24.0 Å². The Bertz CT molecular complexity index is 1340. The average molecular weight is 479 g/mol. The number of anilines is 1. The summed E-state index contributed by atoms with van der Waals surface area (Å²) in [5.74, 6) is 1.17. The molecular weight excluding hydrogens is 460 g/mol. The van der Waals surface area contributed by atoms with Gasteiger partial charge in [-0.05, 0) is 36.6 Å². The van der Waals surface area contributed by atoms with E-state index in [1.807, 2.05) is 54.8 Å². The zero-order valence-corrected chi connectivity index (χ0v) is 19.4. The number of nitrogens with zero attached hydrogens (tertiary/aromatic N) is 4. The number of carbonyl (C=O) groups is 1. The minimum absolute atomic E-state index is 0.131. The van der Waals surface area contributed by atoms with Crippen LogP contribution in [0, 0.1) is 0 Å². The van der Waals surface area contributed by atoms with Crippen LogP contribution in [0.5, 0.6) is 5.88 Å². The molecule has 2 aromatic carbocycles. The van der Waals surface area contributed by atoms with Crippen molar-refractivity contribution in [3.8, 4) is 28.5 Å². The van der Waals surface area contributed by atoms with Crippen LogP contribution in [0.15, 0.2) is 70.2 Å². The highest BCUT2D eigenvalue weighted by Gasteiger charge is 2.37. The van der Waals surface area contributed by atoms with Crippen LogP contribution in [-0.2, 0) is 4.79 Å². The molecule has 0 saturated carbocycles. The van der Waals surface area contributed by atoms with E-state index in [9.17, 15) is 4.79 Å². The molecule has 0 fully saturated rings. The second kappa shape index (κ2) is 8.88. The Balaban J connectivity index is 1.69. The zero-order chi connectivity index (χ0) is 22.9. The molecule has 33 heavy (non-hydrogen) atoms. The molecule has 1 amide bonds. The number of rotatable bonds is 4. The maximum absolute atomic E-state index is 13.2. The highest BCUT2D eigenvalue weighted by molar-refractivity contribution is 7.98. The molecule has 0 radical (unpaired) electrons. The standard InChI is InChI=1S/C24H19ClN4O3S/c1-3-20(30)29-17-11-7-5-9-15(17)21-22(26-24(33-2)28-27-21)32-23(29)19-13-12-18(31-19)14-8-4-6-10-16(14)25/h4-13,23H,3H2,1-2H3/t23-/m0/s1. The van der Waals surface area contributed by atoms with E-state index in [1.165, 1.54) is 11.8 Å². The molecule has 0 unspecified atom stereocenters. The fraction of sp³-hybridized carbons (Fsp3) is 0.167. The molecule has 4 aromatic rings. The van der Waals surface area contributed by atoms with Gasteiger partial charge in [0.15, 0.2) is 11.5 Å². The van der Waals surface area contributed by atoms with Gasteiger partial charge in [-0.15, -0.1) is 10.2 Å². The lowest BCUT2D eigenvalue weighted by molar-refractivity contribution is -0.120. The number of fused-ring (bicyclic) bond motifs is 3. The molecule has 7 nitrogen and oxygen atoms in total. The van der Waals surface area contributed by atoms with Crippen LogP contribution in [0.4, 0.5) is 5.69 Å². The van der Waals surface area contributed by atoms with Gasteiger partial charge in [-0.2, -0.15) is 4.98 Å². The van der Waals surface area contributed by atoms with Crippen LogP contribution in [0.2, 0.25) is 5.02 Å². The molecule has 0 N–H and O–H groups in total. The van der Waals surface area contributed by atoms with E-state index in [2.05, 4.69) is 15.2 Å². The first-order chi connectivity index (χ1) is 16.1. The lowest BCUT2D eigenvalue weighted by Crippen LogP contribution is -2.37. The molecule has 1 aliphatic rings. The summed E-state index contributed by atoms with van der Waals surface area (Å²) in [5, 5.41) is 9.57. The minimum Gasteiger partial charge on any atom is -0.455 e. The van der Waals surface area contributed by atoms with Crippen LogP contribution in [0.1, 0.15) is 25.3 Å². The fourth-order valence-corrected chi connectivity index (χ4v) is 4.24. The number of benzene rings is 2. The van der Waals surface area contributed by atoms with Gasteiger partial charge in [0.25, 0.3) is 0 Å². The van der Waals surface area contributed by atoms with Crippen LogP contribution in [0.25, 0.3) is 22.6 Å². The van der Waals surface area contributed by atoms with Gasteiger partial charge >= 0.3 is 0 Å². The Hall–Kier alpha value is -3.36. The highest BCUT2D eigenvalue weighted by Crippen LogP contribution is 2.44. The van der Waals surface area contributed by atoms with Gasteiger partial charge in [0, 0.05) is 17.5 Å². The van der Waals surface area contributed by atoms with Crippen molar-refractivity contribution in [2.75, 3.05) is 11.2 Å². The second-order valence-electron chi connectivity index (χ2n) is 7.24. The molecule has 0 bridgehead atoms. The summed E-state index contributed by atoms with van der Waals surface area (Å²) in [4.78, 5) is 19.3. The van der Waals surface area contributed by atoms with E-state index >= 15 is 0 Å². The summed E-state index contributed by atoms with van der Waals surface area (Å²) in [6, 6.07) is 18.5. The normalized spacial score (nSPS) is 14.8. The molecule has 9 heteroatoms. The molecule has 1 atom stereocenters. The minimum atomic E-state index is -0.887. The molecule has 0 spiro atoms. The molecule has 0 aliphatic carbocycles. The number of hydrogen-bond acceptors (Lipinski definition) is 7.